The number of aliphatic hydroxyl groups is 2. The average molecular weight is 218 g/mol. The number of aliphatic hydroxyl groups excluding tert-OH is 2. The Morgan fingerprint density at radius 1 is 1.00 bits per heavy atom. The summed E-state index contributed by atoms with van der Waals surface area (Å²) in [5.74, 6) is -1.09. The predicted octanol–water partition coefficient (Wildman–Crippen LogP) is -1.02. The number of carbonyl (C=O) groups is 2. The number of esters is 2. The van der Waals surface area contributed by atoms with Crippen LogP contribution in [0.15, 0.2) is 0 Å². The molecule has 1 fully saturated rings. The monoisotopic (exact) mass is 218 g/mol. The third kappa shape index (κ3) is 2.90. The van der Waals surface area contributed by atoms with Crippen LogP contribution in [0.5, 0.6) is 0 Å². The zero-order valence-corrected chi connectivity index (χ0v) is 8.54. The van der Waals surface area contributed by atoms with Crippen molar-refractivity contribution in [3.05, 3.63) is 0 Å². The minimum Gasteiger partial charge on any atom is -0.460 e. The van der Waals surface area contributed by atoms with Crippen LogP contribution in [-0.2, 0) is 19.1 Å². The van der Waals surface area contributed by atoms with Crippen molar-refractivity contribution in [2.45, 2.75) is 44.7 Å². The highest BCUT2D eigenvalue weighted by Crippen LogP contribution is 2.26. The summed E-state index contributed by atoms with van der Waals surface area (Å²) in [5, 5.41) is 18.9. The first-order valence-electron chi connectivity index (χ1n) is 4.62. The highest BCUT2D eigenvalue weighted by atomic mass is 16.6. The summed E-state index contributed by atoms with van der Waals surface area (Å²) >= 11 is 0. The maximum atomic E-state index is 10.7. The molecule has 1 rings (SSSR count). The number of hydrogen-bond donors (Lipinski definition) is 2. The van der Waals surface area contributed by atoms with Gasteiger partial charge in [0.05, 0.1) is 0 Å². The molecule has 6 nitrogen and oxygen atoms in total. The second-order valence-electron chi connectivity index (χ2n) is 3.51. The Morgan fingerprint density at radius 2 is 1.33 bits per heavy atom. The van der Waals surface area contributed by atoms with Crippen LogP contribution in [0.25, 0.3) is 0 Å². The SMILES string of the molecule is CC(=O)O[C@H]1C[C@@H](OC(C)=O)[C@H](O)[C@@H]1O. The van der Waals surface area contributed by atoms with Crippen molar-refractivity contribution in [3.63, 3.8) is 0 Å². The molecule has 0 radical (unpaired) electrons. The van der Waals surface area contributed by atoms with Gasteiger partial charge >= 0.3 is 11.9 Å². The fraction of sp³-hybridized carbons (Fsp3) is 0.778. The minimum absolute atomic E-state index is 0.113. The smallest absolute Gasteiger partial charge is 0.302 e. The van der Waals surface area contributed by atoms with E-state index in [1.54, 1.807) is 0 Å². The molecular formula is C9H14O6. The molecule has 0 aromatic rings. The maximum absolute atomic E-state index is 10.7. The van der Waals surface area contributed by atoms with Gasteiger partial charge in [-0.1, -0.05) is 0 Å². The second kappa shape index (κ2) is 4.59. The van der Waals surface area contributed by atoms with Gasteiger partial charge in [-0.2, -0.15) is 0 Å². The van der Waals surface area contributed by atoms with E-state index >= 15 is 0 Å². The maximum Gasteiger partial charge on any atom is 0.302 e. The van der Waals surface area contributed by atoms with Crippen molar-refractivity contribution < 1.29 is 29.3 Å². The summed E-state index contributed by atoms with van der Waals surface area (Å²) < 4.78 is 9.53. The summed E-state index contributed by atoms with van der Waals surface area (Å²) in [5.41, 5.74) is 0. The van der Waals surface area contributed by atoms with Crippen LogP contribution < -0.4 is 0 Å². The quantitative estimate of drug-likeness (QED) is 0.576. The largest absolute Gasteiger partial charge is 0.460 e. The lowest BCUT2D eigenvalue weighted by Crippen LogP contribution is -2.35. The third-order valence-corrected chi connectivity index (χ3v) is 2.21. The van der Waals surface area contributed by atoms with Gasteiger partial charge in [0.1, 0.15) is 24.4 Å². The Hall–Kier alpha value is -1.14. The van der Waals surface area contributed by atoms with E-state index in [2.05, 4.69) is 0 Å². The van der Waals surface area contributed by atoms with Crippen LogP contribution >= 0.6 is 0 Å². The molecule has 1 aliphatic carbocycles. The lowest BCUT2D eigenvalue weighted by molar-refractivity contribution is -0.153. The first-order chi connectivity index (χ1) is 6.91. The van der Waals surface area contributed by atoms with Crippen LogP contribution in [0, 0.1) is 0 Å². The third-order valence-electron chi connectivity index (χ3n) is 2.21. The number of hydrogen-bond acceptors (Lipinski definition) is 6. The van der Waals surface area contributed by atoms with E-state index in [1.807, 2.05) is 0 Å². The average Bonchev–Trinajstić information content (AvgIpc) is 2.32. The summed E-state index contributed by atoms with van der Waals surface area (Å²) in [6, 6.07) is 0. The normalized spacial score (nSPS) is 34.9. The molecule has 0 unspecified atom stereocenters. The lowest BCUT2D eigenvalue weighted by atomic mass is 10.2. The first-order valence-corrected chi connectivity index (χ1v) is 4.62. The highest BCUT2D eigenvalue weighted by molar-refractivity contribution is 5.67. The van der Waals surface area contributed by atoms with Crippen molar-refractivity contribution in [3.8, 4) is 0 Å². The van der Waals surface area contributed by atoms with E-state index in [0.717, 1.165) is 0 Å². The summed E-state index contributed by atoms with van der Waals surface area (Å²) in [7, 11) is 0. The molecule has 0 amide bonds. The van der Waals surface area contributed by atoms with Gasteiger partial charge in [0, 0.05) is 20.3 Å². The molecule has 1 saturated carbocycles. The van der Waals surface area contributed by atoms with Gasteiger partial charge in [-0.05, 0) is 0 Å². The molecule has 0 aliphatic heterocycles. The summed E-state index contributed by atoms with van der Waals surface area (Å²) in [6.07, 6.45) is -3.94. The second-order valence-corrected chi connectivity index (χ2v) is 3.51. The van der Waals surface area contributed by atoms with Crippen LogP contribution in [0.3, 0.4) is 0 Å². The first kappa shape index (κ1) is 11.9. The molecule has 0 aromatic heterocycles. The highest BCUT2D eigenvalue weighted by Gasteiger charge is 2.45. The fourth-order valence-electron chi connectivity index (χ4n) is 1.61. The van der Waals surface area contributed by atoms with Crippen molar-refractivity contribution in [1.82, 2.24) is 0 Å². The van der Waals surface area contributed by atoms with E-state index in [1.165, 1.54) is 13.8 Å². The Balaban J connectivity index is 2.58. The van der Waals surface area contributed by atoms with Crippen LogP contribution in [0.2, 0.25) is 0 Å². The Kier molecular flexibility index (Phi) is 3.65. The summed E-state index contributed by atoms with van der Waals surface area (Å²) in [6.45, 7) is 2.41. The lowest BCUT2D eigenvalue weighted by Gasteiger charge is -2.16. The Bertz CT molecular complexity index is 237. The van der Waals surface area contributed by atoms with Gasteiger partial charge in [-0.3, -0.25) is 9.59 Å². The zero-order chi connectivity index (χ0) is 11.6. The molecule has 2 N–H and O–H groups in total. The molecular weight excluding hydrogens is 204 g/mol. The molecule has 15 heavy (non-hydrogen) atoms. The van der Waals surface area contributed by atoms with Gasteiger partial charge in [-0.25, -0.2) is 0 Å². The Morgan fingerprint density at radius 3 is 1.60 bits per heavy atom. The standard InChI is InChI=1S/C9H14O6/c1-4(10)14-6-3-7(15-5(2)11)9(13)8(6)12/h6-9,12-13H,3H2,1-2H3/t6-,7+,8+,9-. The van der Waals surface area contributed by atoms with E-state index in [-0.39, 0.29) is 6.42 Å². The van der Waals surface area contributed by atoms with E-state index in [0.29, 0.717) is 0 Å². The van der Waals surface area contributed by atoms with Crippen molar-refractivity contribution >= 4 is 11.9 Å². The molecule has 0 spiro atoms. The molecule has 0 heterocycles. The molecule has 0 bridgehead atoms. The molecule has 6 heteroatoms. The molecule has 0 aromatic carbocycles. The molecule has 0 saturated heterocycles. The number of ether oxygens (including phenoxy) is 2. The molecule has 86 valence electrons. The van der Waals surface area contributed by atoms with Crippen molar-refractivity contribution in [2.24, 2.45) is 0 Å². The van der Waals surface area contributed by atoms with Crippen LogP contribution in [-0.4, -0.2) is 46.6 Å². The van der Waals surface area contributed by atoms with Gasteiger partial charge < -0.3 is 19.7 Å². The fourth-order valence-corrected chi connectivity index (χ4v) is 1.61. The van der Waals surface area contributed by atoms with E-state index in [4.69, 9.17) is 9.47 Å². The van der Waals surface area contributed by atoms with Gasteiger partial charge in [-0.15, -0.1) is 0 Å². The van der Waals surface area contributed by atoms with Crippen molar-refractivity contribution in [2.75, 3.05) is 0 Å². The molecule has 4 atom stereocenters. The predicted molar refractivity (Wildman–Crippen MR) is 47.7 cm³/mol. The topological polar surface area (TPSA) is 93.1 Å². The molecule has 1 aliphatic rings. The van der Waals surface area contributed by atoms with Crippen LogP contribution in [0.4, 0.5) is 0 Å². The van der Waals surface area contributed by atoms with Crippen molar-refractivity contribution in [1.29, 1.82) is 0 Å². The minimum atomic E-state index is -1.21. The van der Waals surface area contributed by atoms with E-state index in [9.17, 15) is 19.8 Å². The van der Waals surface area contributed by atoms with Gasteiger partial charge in [0.25, 0.3) is 0 Å². The zero-order valence-electron chi connectivity index (χ0n) is 8.54. The Labute approximate surface area is 86.8 Å². The van der Waals surface area contributed by atoms with Gasteiger partial charge in [0.2, 0.25) is 0 Å². The number of rotatable bonds is 2. The van der Waals surface area contributed by atoms with Gasteiger partial charge in [0.15, 0.2) is 0 Å². The van der Waals surface area contributed by atoms with E-state index < -0.39 is 36.4 Å². The number of carbonyl (C=O) groups excluding carboxylic acids is 2. The van der Waals surface area contributed by atoms with Crippen LogP contribution in [0.1, 0.15) is 20.3 Å². The summed E-state index contributed by atoms with van der Waals surface area (Å²) in [4.78, 5) is 21.3.